The Morgan fingerprint density at radius 2 is 1.97 bits per heavy atom. The summed E-state index contributed by atoms with van der Waals surface area (Å²) in [6.07, 6.45) is 0.180. The first-order valence-electron chi connectivity index (χ1n) is 12.3. The van der Waals surface area contributed by atoms with Gasteiger partial charge < -0.3 is 5.32 Å². The summed E-state index contributed by atoms with van der Waals surface area (Å²) in [4.78, 5) is 8.30. The fraction of sp³-hybridized carbons (Fsp3) is 0.462. The summed E-state index contributed by atoms with van der Waals surface area (Å²) in [6.45, 7) is 2.96. The number of aromatic nitrogens is 3. The molecular weight excluding hydrogens is 472 g/mol. The van der Waals surface area contributed by atoms with E-state index < -0.39 is 18.8 Å². The van der Waals surface area contributed by atoms with Crippen molar-refractivity contribution in [3.63, 3.8) is 0 Å². The fourth-order valence-electron chi connectivity index (χ4n) is 5.30. The number of halogens is 4. The summed E-state index contributed by atoms with van der Waals surface area (Å²) in [6, 6.07) is 10.8. The maximum Gasteiger partial charge on any atom is 0.401 e. The van der Waals surface area contributed by atoms with Gasteiger partial charge in [-0.25, -0.2) is 0 Å². The monoisotopic (exact) mass is 502 g/mol. The van der Waals surface area contributed by atoms with E-state index in [1.165, 1.54) is 4.90 Å². The molecule has 0 bridgehead atoms. The Balaban J connectivity index is 1.39. The standard InChI is InChI=1S/C26H30F4N6/c1-17-11-19-12-18(23-7-9-32-34-23)3-5-22(19)25(36(17)16-26(28,29)30)24-6-4-20(13-31-24)33-21-14-35(15-21)10-2-8-27/h3-7,9,12-13,17,21,25,33H,2,8,10-11,14-16H2,1H3,(H,32,34)/t17-,25+/m0/s1. The van der Waals surface area contributed by atoms with Crippen molar-refractivity contribution in [3.05, 3.63) is 65.6 Å². The number of aromatic amines is 1. The molecule has 2 atom stereocenters. The Morgan fingerprint density at radius 1 is 1.14 bits per heavy atom. The molecule has 2 N–H and O–H groups in total. The zero-order valence-electron chi connectivity index (χ0n) is 20.1. The quantitative estimate of drug-likeness (QED) is 0.433. The number of likely N-dealkylation sites (tertiary alicyclic amines) is 1. The van der Waals surface area contributed by atoms with Gasteiger partial charge >= 0.3 is 6.18 Å². The van der Waals surface area contributed by atoms with Gasteiger partial charge in [-0.2, -0.15) is 18.3 Å². The second kappa shape index (κ2) is 10.2. The Morgan fingerprint density at radius 3 is 2.64 bits per heavy atom. The van der Waals surface area contributed by atoms with Crippen LogP contribution in [0.3, 0.4) is 0 Å². The van der Waals surface area contributed by atoms with Crippen LogP contribution in [0, 0.1) is 0 Å². The number of H-pyrrole nitrogens is 1. The molecule has 3 aromatic rings. The first-order valence-corrected chi connectivity index (χ1v) is 12.3. The molecule has 2 aliphatic rings. The molecule has 192 valence electrons. The van der Waals surface area contributed by atoms with Crippen LogP contribution >= 0.6 is 0 Å². The minimum absolute atomic E-state index is 0.259. The summed E-state index contributed by atoms with van der Waals surface area (Å²) in [7, 11) is 0. The zero-order chi connectivity index (χ0) is 25.3. The van der Waals surface area contributed by atoms with Crippen LogP contribution in [0.4, 0.5) is 23.2 Å². The van der Waals surface area contributed by atoms with E-state index in [0.29, 0.717) is 18.5 Å². The van der Waals surface area contributed by atoms with Crippen LogP contribution in [0.1, 0.15) is 36.2 Å². The molecule has 2 aromatic heterocycles. The van der Waals surface area contributed by atoms with Gasteiger partial charge in [-0.3, -0.25) is 24.3 Å². The van der Waals surface area contributed by atoms with E-state index in [1.807, 2.05) is 43.3 Å². The van der Waals surface area contributed by atoms with Crippen molar-refractivity contribution in [2.45, 2.75) is 44.1 Å². The molecule has 0 unspecified atom stereocenters. The number of pyridine rings is 1. The van der Waals surface area contributed by atoms with E-state index in [1.54, 1.807) is 12.4 Å². The highest BCUT2D eigenvalue weighted by atomic mass is 19.4. The number of nitrogens with zero attached hydrogens (tertiary/aromatic N) is 4. The molecule has 10 heteroatoms. The number of hydrogen-bond acceptors (Lipinski definition) is 5. The first kappa shape index (κ1) is 24.7. The molecule has 0 amide bonds. The highest BCUT2D eigenvalue weighted by molar-refractivity contribution is 5.61. The average molecular weight is 503 g/mol. The van der Waals surface area contributed by atoms with Crippen molar-refractivity contribution in [2.75, 3.05) is 38.2 Å². The van der Waals surface area contributed by atoms with Crippen LogP contribution in [0.25, 0.3) is 11.3 Å². The maximum absolute atomic E-state index is 13.6. The Hall–Kier alpha value is -2.98. The van der Waals surface area contributed by atoms with Gasteiger partial charge in [-0.05, 0) is 55.2 Å². The van der Waals surface area contributed by atoms with Crippen molar-refractivity contribution >= 4 is 5.69 Å². The number of anilines is 1. The SMILES string of the molecule is C[C@H]1Cc2cc(-c3cc[nH]n3)ccc2[C@H](c2ccc(NC3CN(CCCF)C3)cn2)N1CC(F)(F)F. The summed E-state index contributed by atoms with van der Waals surface area (Å²) >= 11 is 0. The van der Waals surface area contributed by atoms with Crippen LogP contribution < -0.4 is 5.32 Å². The summed E-state index contributed by atoms with van der Waals surface area (Å²) in [5.74, 6) is 0. The van der Waals surface area contributed by atoms with Gasteiger partial charge in [-0.15, -0.1) is 0 Å². The highest BCUT2D eigenvalue weighted by Crippen LogP contribution is 2.40. The minimum atomic E-state index is -4.32. The Kier molecular flexibility index (Phi) is 6.98. The van der Waals surface area contributed by atoms with Gasteiger partial charge in [0.2, 0.25) is 0 Å². The van der Waals surface area contributed by atoms with Crippen molar-refractivity contribution in [1.29, 1.82) is 0 Å². The molecule has 5 rings (SSSR count). The lowest BCUT2D eigenvalue weighted by Gasteiger charge is -2.42. The van der Waals surface area contributed by atoms with E-state index >= 15 is 0 Å². The predicted molar refractivity (Wildman–Crippen MR) is 130 cm³/mol. The van der Waals surface area contributed by atoms with Crippen molar-refractivity contribution in [3.8, 4) is 11.3 Å². The van der Waals surface area contributed by atoms with Gasteiger partial charge in [0.1, 0.15) is 0 Å². The van der Waals surface area contributed by atoms with Crippen molar-refractivity contribution in [2.24, 2.45) is 0 Å². The Bertz CT molecular complexity index is 1140. The normalized spacial score (nSPS) is 21.2. The number of rotatable bonds is 8. The molecule has 0 radical (unpaired) electrons. The van der Waals surface area contributed by atoms with E-state index in [2.05, 4.69) is 25.4 Å². The Labute approximate surface area is 207 Å². The predicted octanol–water partition coefficient (Wildman–Crippen LogP) is 4.83. The molecule has 6 nitrogen and oxygen atoms in total. The van der Waals surface area contributed by atoms with Gasteiger partial charge in [0.15, 0.2) is 0 Å². The van der Waals surface area contributed by atoms with E-state index in [9.17, 15) is 17.6 Å². The lowest BCUT2D eigenvalue weighted by molar-refractivity contribution is -0.155. The van der Waals surface area contributed by atoms with Gasteiger partial charge in [0.05, 0.1) is 48.6 Å². The van der Waals surface area contributed by atoms with Crippen LogP contribution in [-0.2, 0) is 6.42 Å². The molecule has 1 saturated heterocycles. The zero-order valence-corrected chi connectivity index (χ0v) is 20.1. The van der Waals surface area contributed by atoms with Crippen LogP contribution in [0.15, 0.2) is 48.8 Å². The first-order chi connectivity index (χ1) is 17.3. The smallest absolute Gasteiger partial charge is 0.378 e. The minimum Gasteiger partial charge on any atom is -0.378 e. The maximum atomic E-state index is 13.6. The third-order valence-electron chi connectivity index (χ3n) is 7.01. The van der Waals surface area contributed by atoms with E-state index in [4.69, 9.17) is 0 Å². The molecule has 36 heavy (non-hydrogen) atoms. The third kappa shape index (κ3) is 5.39. The lowest BCUT2D eigenvalue weighted by atomic mass is 9.85. The number of nitrogens with one attached hydrogen (secondary N) is 2. The summed E-state index contributed by atoms with van der Waals surface area (Å²) < 4.78 is 53.1. The second-order valence-electron chi connectivity index (χ2n) is 9.73. The van der Waals surface area contributed by atoms with Crippen LogP contribution in [0.5, 0.6) is 0 Å². The molecule has 0 spiro atoms. The topological polar surface area (TPSA) is 60.1 Å². The lowest BCUT2D eigenvalue weighted by Crippen LogP contribution is -2.54. The molecule has 2 aliphatic heterocycles. The highest BCUT2D eigenvalue weighted by Gasteiger charge is 2.41. The number of fused-ring (bicyclic) bond motifs is 1. The number of hydrogen-bond donors (Lipinski definition) is 2. The van der Waals surface area contributed by atoms with Gasteiger partial charge in [0, 0.05) is 37.4 Å². The average Bonchev–Trinajstić information content (AvgIpc) is 3.35. The summed E-state index contributed by atoms with van der Waals surface area (Å²) in [5, 5.41) is 10.5. The molecule has 4 heterocycles. The molecule has 1 aromatic carbocycles. The van der Waals surface area contributed by atoms with Gasteiger partial charge in [0.25, 0.3) is 0 Å². The molecular formula is C26H30F4N6. The largest absolute Gasteiger partial charge is 0.401 e. The van der Waals surface area contributed by atoms with E-state index in [0.717, 1.165) is 47.7 Å². The van der Waals surface area contributed by atoms with Crippen LogP contribution in [-0.4, -0.2) is 76.1 Å². The fourth-order valence-corrected chi connectivity index (χ4v) is 5.30. The van der Waals surface area contributed by atoms with Crippen molar-refractivity contribution < 1.29 is 17.6 Å². The number of alkyl halides is 4. The van der Waals surface area contributed by atoms with E-state index in [-0.39, 0.29) is 18.8 Å². The summed E-state index contributed by atoms with van der Waals surface area (Å²) in [5.41, 5.74) is 4.99. The number of benzene rings is 1. The van der Waals surface area contributed by atoms with Crippen molar-refractivity contribution in [1.82, 2.24) is 25.0 Å². The third-order valence-corrected chi connectivity index (χ3v) is 7.01. The molecule has 0 aliphatic carbocycles. The van der Waals surface area contributed by atoms with Gasteiger partial charge in [-0.1, -0.05) is 12.1 Å². The molecule has 0 saturated carbocycles. The molecule has 1 fully saturated rings. The second-order valence-corrected chi connectivity index (χ2v) is 9.73. The van der Waals surface area contributed by atoms with Crippen LogP contribution in [0.2, 0.25) is 0 Å².